The lowest BCUT2D eigenvalue weighted by Gasteiger charge is -2.00. The van der Waals surface area contributed by atoms with Crippen LogP contribution in [0.25, 0.3) is 0 Å². The average molecular weight is 147 g/mol. The molecule has 0 spiro atoms. The third-order valence-electron chi connectivity index (χ3n) is 0.645. The van der Waals surface area contributed by atoms with Gasteiger partial charge < -0.3 is 0 Å². The van der Waals surface area contributed by atoms with Gasteiger partial charge >= 0.3 is 0 Å². The molecular formula is C3H3ClN4O. The monoisotopic (exact) mass is 146 g/mol. The fraction of sp³-hybridized carbons (Fsp3) is 0. The summed E-state index contributed by atoms with van der Waals surface area (Å²) in [6, 6.07) is 0. The van der Waals surface area contributed by atoms with Gasteiger partial charge in [0.2, 0.25) is 0 Å². The number of halogens is 1. The van der Waals surface area contributed by atoms with Crippen molar-refractivity contribution in [2.75, 3.05) is 4.58 Å². The van der Waals surface area contributed by atoms with E-state index in [9.17, 15) is 0 Å². The van der Waals surface area contributed by atoms with E-state index in [1.807, 2.05) is 0 Å². The van der Waals surface area contributed by atoms with E-state index >= 15 is 0 Å². The molecule has 0 aromatic carbocycles. The summed E-state index contributed by atoms with van der Waals surface area (Å²) in [6.45, 7) is 0. The van der Waals surface area contributed by atoms with Gasteiger partial charge in [-0.15, -0.1) is 4.58 Å². The summed E-state index contributed by atoms with van der Waals surface area (Å²) in [5, 5.41) is 8.47. The van der Waals surface area contributed by atoms with Crippen LogP contribution in [0.4, 0.5) is 5.95 Å². The first-order chi connectivity index (χ1) is 4.30. The maximum Gasteiger partial charge on any atom is 0.268 e. The number of rotatable bonds is 1. The van der Waals surface area contributed by atoms with Crippen LogP contribution in [0.15, 0.2) is 12.7 Å². The number of hydrogen-bond donors (Lipinski definition) is 1. The summed E-state index contributed by atoms with van der Waals surface area (Å²) in [4.78, 5) is 10.5. The first kappa shape index (κ1) is 6.18. The van der Waals surface area contributed by atoms with Crippen LogP contribution in [0.5, 0.6) is 0 Å². The van der Waals surface area contributed by atoms with Crippen molar-refractivity contribution in [3.05, 3.63) is 12.7 Å². The summed E-state index contributed by atoms with van der Waals surface area (Å²) in [5.74, 6) is 0.00617. The highest BCUT2D eigenvalue weighted by molar-refractivity contribution is 6.23. The number of hydrogen-bond acceptors (Lipinski definition) is 5. The second kappa shape index (κ2) is 2.56. The Labute approximate surface area is 56.0 Å². The van der Waals surface area contributed by atoms with Crippen LogP contribution < -0.4 is 4.58 Å². The Morgan fingerprint density at radius 3 is 2.33 bits per heavy atom. The molecule has 0 aliphatic rings. The van der Waals surface area contributed by atoms with Crippen molar-refractivity contribution in [2.45, 2.75) is 0 Å². The van der Waals surface area contributed by atoms with E-state index in [1.54, 1.807) is 0 Å². The van der Waals surface area contributed by atoms with Gasteiger partial charge in [0.15, 0.2) is 0 Å². The zero-order valence-corrected chi connectivity index (χ0v) is 5.02. The lowest BCUT2D eigenvalue weighted by atomic mass is 11.0. The third-order valence-corrected chi connectivity index (χ3v) is 0.796. The second-order valence-electron chi connectivity index (χ2n) is 1.20. The van der Waals surface area contributed by atoms with Gasteiger partial charge in [0.25, 0.3) is 5.95 Å². The van der Waals surface area contributed by atoms with Gasteiger partial charge in [-0.1, -0.05) is 0 Å². The molecule has 0 fully saturated rings. The van der Waals surface area contributed by atoms with Gasteiger partial charge in [0.05, 0.1) is 0 Å². The molecule has 0 aliphatic carbocycles. The second-order valence-corrected chi connectivity index (χ2v) is 1.52. The first-order valence-corrected chi connectivity index (χ1v) is 2.41. The van der Waals surface area contributed by atoms with Crippen LogP contribution in [-0.2, 0) is 0 Å². The van der Waals surface area contributed by atoms with Gasteiger partial charge in [-0.25, -0.2) is 4.98 Å². The van der Waals surface area contributed by atoms with Crippen LogP contribution in [0.3, 0.4) is 0 Å². The molecule has 0 saturated heterocycles. The summed E-state index contributed by atoms with van der Waals surface area (Å²) < 4.78 is 0.293. The molecule has 6 heteroatoms. The third kappa shape index (κ3) is 1.48. The van der Waals surface area contributed by atoms with Gasteiger partial charge in [-0.2, -0.15) is 9.97 Å². The fourth-order valence-corrected chi connectivity index (χ4v) is 0.416. The Balaban J connectivity index is 2.85. The SMILES string of the molecule is ON(Cl)c1ncncn1. The minimum absolute atomic E-state index is 0.00617. The van der Waals surface area contributed by atoms with Gasteiger partial charge in [-0.3, -0.25) is 5.21 Å². The standard InChI is InChI=1S/C3H3ClN4O/c4-8(9)3-6-1-5-2-7-3/h1-2,9H. The molecule has 9 heavy (non-hydrogen) atoms. The average Bonchev–Trinajstić information content (AvgIpc) is 1.90. The van der Waals surface area contributed by atoms with E-state index in [0.717, 1.165) is 0 Å². The maximum atomic E-state index is 8.47. The minimum Gasteiger partial charge on any atom is -0.270 e. The van der Waals surface area contributed by atoms with E-state index < -0.39 is 0 Å². The largest absolute Gasteiger partial charge is 0.270 e. The molecule has 48 valence electrons. The van der Waals surface area contributed by atoms with Crippen molar-refractivity contribution in [3.8, 4) is 0 Å². The van der Waals surface area contributed by atoms with Crippen LogP contribution in [0.2, 0.25) is 0 Å². The van der Waals surface area contributed by atoms with Crippen LogP contribution in [0.1, 0.15) is 0 Å². The Morgan fingerprint density at radius 1 is 1.44 bits per heavy atom. The molecule has 0 unspecified atom stereocenters. The first-order valence-electron chi connectivity index (χ1n) is 2.07. The molecule has 1 aromatic rings. The molecule has 0 bridgehead atoms. The summed E-state index contributed by atoms with van der Waals surface area (Å²) in [7, 11) is 0. The molecule has 1 rings (SSSR count). The lowest BCUT2D eigenvalue weighted by Crippen LogP contribution is -2.06. The predicted molar refractivity (Wildman–Crippen MR) is 29.9 cm³/mol. The van der Waals surface area contributed by atoms with Crippen molar-refractivity contribution in [1.29, 1.82) is 0 Å². The van der Waals surface area contributed by atoms with Crippen molar-refractivity contribution < 1.29 is 5.21 Å². The molecule has 0 radical (unpaired) electrons. The van der Waals surface area contributed by atoms with Gasteiger partial charge in [0, 0.05) is 11.8 Å². The van der Waals surface area contributed by atoms with Gasteiger partial charge in [0.1, 0.15) is 12.7 Å². The Hall–Kier alpha value is -0.940. The van der Waals surface area contributed by atoms with E-state index in [4.69, 9.17) is 17.0 Å². The van der Waals surface area contributed by atoms with E-state index in [1.165, 1.54) is 12.7 Å². The number of aromatic nitrogens is 3. The Kier molecular flexibility index (Phi) is 1.76. The zero-order chi connectivity index (χ0) is 6.69. The van der Waals surface area contributed by atoms with Crippen LogP contribution >= 0.6 is 11.8 Å². The fourth-order valence-electron chi connectivity index (χ4n) is 0.328. The van der Waals surface area contributed by atoms with Crippen molar-refractivity contribution in [3.63, 3.8) is 0 Å². The molecule has 0 amide bonds. The molecule has 1 aromatic heterocycles. The Bertz CT molecular complexity index is 178. The Morgan fingerprint density at radius 2 is 2.00 bits per heavy atom. The predicted octanol–water partition coefficient (Wildman–Crippen LogP) is 0.221. The summed E-state index contributed by atoms with van der Waals surface area (Å²) in [6.07, 6.45) is 2.46. The van der Waals surface area contributed by atoms with Crippen molar-refractivity contribution >= 4 is 17.7 Å². The molecule has 1 N–H and O–H groups in total. The van der Waals surface area contributed by atoms with Crippen molar-refractivity contribution in [2.24, 2.45) is 0 Å². The van der Waals surface area contributed by atoms with Crippen LogP contribution in [0, 0.1) is 0 Å². The minimum atomic E-state index is 0.00617. The maximum absolute atomic E-state index is 8.47. The molecule has 5 nitrogen and oxygen atoms in total. The number of anilines is 1. The molecule has 0 aliphatic heterocycles. The molecule has 0 saturated carbocycles. The zero-order valence-electron chi connectivity index (χ0n) is 4.27. The number of nitrogens with zero attached hydrogens (tertiary/aromatic N) is 4. The topological polar surface area (TPSA) is 62.1 Å². The normalized spacial score (nSPS) is 9.11. The lowest BCUT2D eigenvalue weighted by molar-refractivity contribution is 0.318. The van der Waals surface area contributed by atoms with E-state index in [-0.39, 0.29) is 5.95 Å². The quantitative estimate of drug-likeness (QED) is 0.454. The highest BCUT2D eigenvalue weighted by Gasteiger charge is 1.97. The molecule has 0 atom stereocenters. The smallest absolute Gasteiger partial charge is 0.268 e. The molecular weight excluding hydrogens is 144 g/mol. The molecule has 1 heterocycles. The van der Waals surface area contributed by atoms with Crippen molar-refractivity contribution in [1.82, 2.24) is 15.0 Å². The van der Waals surface area contributed by atoms with Crippen LogP contribution in [-0.4, -0.2) is 20.2 Å². The highest BCUT2D eigenvalue weighted by atomic mass is 35.5. The summed E-state index contributed by atoms with van der Waals surface area (Å²) >= 11 is 5.04. The van der Waals surface area contributed by atoms with Gasteiger partial charge in [-0.05, 0) is 0 Å². The van der Waals surface area contributed by atoms with E-state index in [0.29, 0.717) is 4.58 Å². The summed E-state index contributed by atoms with van der Waals surface area (Å²) in [5.41, 5.74) is 0. The van der Waals surface area contributed by atoms with E-state index in [2.05, 4.69) is 15.0 Å². The highest BCUT2D eigenvalue weighted by Crippen LogP contribution is 2.01.